The molecule has 1 amide bonds. The molecule has 1 heterocycles. The van der Waals surface area contributed by atoms with Crippen molar-refractivity contribution in [3.63, 3.8) is 0 Å². The van der Waals surface area contributed by atoms with Crippen LogP contribution < -0.4 is 11.1 Å². The molecular formula is C16H31N3O2. The minimum Gasteiger partial charge on any atom is -0.384 e. The van der Waals surface area contributed by atoms with Crippen molar-refractivity contribution in [1.82, 2.24) is 10.2 Å². The Bertz CT molecular complexity index is 338. The fourth-order valence-electron chi connectivity index (χ4n) is 4.09. The molecule has 2 rings (SSSR count). The highest BCUT2D eigenvalue weighted by molar-refractivity contribution is 5.84. The van der Waals surface area contributed by atoms with E-state index in [9.17, 15) is 4.79 Å². The average molecular weight is 297 g/mol. The van der Waals surface area contributed by atoms with E-state index < -0.39 is 5.54 Å². The lowest BCUT2D eigenvalue weighted by Crippen LogP contribution is -2.61. The molecule has 21 heavy (non-hydrogen) atoms. The fourth-order valence-corrected chi connectivity index (χ4v) is 4.09. The predicted octanol–water partition coefficient (Wildman–Crippen LogP) is 1.12. The Hall–Kier alpha value is -0.650. The summed E-state index contributed by atoms with van der Waals surface area (Å²) < 4.78 is 5.27. The molecule has 2 atom stereocenters. The highest BCUT2D eigenvalue weighted by Gasteiger charge is 2.42. The number of methoxy groups -OCH3 is 1. The molecule has 0 aromatic rings. The maximum absolute atomic E-state index is 12.0. The van der Waals surface area contributed by atoms with Crippen LogP contribution in [-0.2, 0) is 9.53 Å². The third-order valence-corrected chi connectivity index (χ3v) is 5.28. The number of nitrogens with zero attached hydrogens (tertiary/aromatic N) is 1. The van der Waals surface area contributed by atoms with E-state index in [0.29, 0.717) is 12.0 Å². The minimum absolute atomic E-state index is 0.177. The van der Waals surface area contributed by atoms with Gasteiger partial charge >= 0.3 is 0 Å². The summed E-state index contributed by atoms with van der Waals surface area (Å²) in [6, 6.07) is 0.494. The molecule has 0 aromatic carbocycles. The quantitative estimate of drug-likeness (QED) is 0.771. The van der Waals surface area contributed by atoms with Crippen molar-refractivity contribution in [3.05, 3.63) is 0 Å². The summed E-state index contributed by atoms with van der Waals surface area (Å²) >= 11 is 0. The van der Waals surface area contributed by atoms with Gasteiger partial charge in [-0.1, -0.05) is 6.92 Å². The molecule has 0 radical (unpaired) electrons. The summed E-state index contributed by atoms with van der Waals surface area (Å²) in [5.41, 5.74) is 5.22. The first-order valence-corrected chi connectivity index (χ1v) is 8.39. The van der Waals surface area contributed by atoms with Crippen molar-refractivity contribution in [2.24, 2.45) is 11.7 Å². The summed E-state index contributed by atoms with van der Waals surface area (Å²) in [6.45, 7) is 5.97. The van der Waals surface area contributed by atoms with Crippen LogP contribution in [0, 0.1) is 5.92 Å². The van der Waals surface area contributed by atoms with Gasteiger partial charge in [-0.2, -0.15) is 0 Å². The second-order valence-electron chi connectivity index (χ2n) is 6.66. The van der Waals surface area contributed by atoms with Crippen LogP contribution in [0.15, 0.2) is 0 Å². The molecule has 0 bridgehead atoms. The van der Waals surface area contributed by atoms with E-state index in [0.717, 1.165) is 45.5 Å². The minimum atomic E-state index is -0.485. The van der Waals surface area contributed by atoms with Crippen LogP contribution >= 0.6 is 0 Å². The molecule has 2 aliphatic rings. The molecular weight excluding hydrogens is 266 g/mol. The second kappa shape index (κ2) is 7.56. The largest absolute Gasteiger partial charge is 0.384 e. The number of primary amides is 1. The molecule has 3 N–H and O–H groups in total. The second-order valence-corrected chi connectivity index (χ2v) is 6.66. The van der Waals surface area contributed by atoms with Crippen LogP contribution in [0.2, 0.25) is 0 Å². The Morgan fingerprint density at radius 3 is 2.67 bits per heavy atom. The van der Waals surface area contributed by atoms with Gasteiger partial charge in [0.1, 0.15) is 0 Å². The Morgan fingerprint density at radius 2 is 2.10 bits per heavy atom. The van der Waals surface area contributed by atoms with Gasteiger partial charge in [0.15, 0.2) is 0 Å². The maximum Gasteiger partial charge on any atom is 0.237 e. The highest BCUT2D eigenvalue weighted by Crippen LogP contribution is 2.33. The van der Waals surface area contributed by atoms with E-state index in [1.54, 1.807) is 7.11 Å². The molecule has 1 aliphatic carbocycles. The van der Waals surface area contributed by atoms with Gasteiger partial charge in [-0.15, -0.1) is 0 Å². The van der Waals surface area contributed by atoms with Crippen LogP contribution in [0.4, 0.5) is 0 Å². The fraction of sp³-hybridized carbons (Fsp3) is 0.938. The highest BCUT2D eigenvalue weighted by atomic mass is 16.5. The molecule has 0 aromatic heterocycles. The summed E-state index contributed by atoms with van der Waals surface area (Å²) in [5, 5.41) is 3.37. The lowest BCUT2D eigenvalue weighted by Gasteiger charge is -2.45. The lowest BCUT2D eigenvalue weighted by atomic mass is 9.77. The van der Waals surface area contributed by atoms with E-state index in [1.807, 2.05) is 6.92 Å². The molecule has 1 saturated heterocycles. The lowest BCUT2D eigenvalue weighted by molar-refractivity contribution is -0.126. The predicted molar refractivity (Wildman–Crippen MR) is 84.0 cm³/mol. The Labute approximate surface area is 128 Å². The smallest absolute Gasteiger partial charge is 0.237 e. The van der Waals surface area contributed by atoms with Gasteiger partial charge in [0, 0.05) is 19.8 Å². The van der Waals surface area contributed by atoms with Crippen molar-refractivity contribution < 1.29 is 9.53 Å². The normalized spacial score (nSPS) is 32.2. The maximum atomic E-state index is 12.0. The van der Waals surface area contributed by atoms with Crippen molar-refractivity contribution in [2.75, 3.05) is 33.4 Å². The molecule has 0 spiro atoms. The number of hydrogen-bond acceptors (Lipinski definition) is 4. The number of likely N-dealkylation sites (tertiary alicyclic amines) is 1. The summed E-state index contributed by atoms with van der Waals surface area (Å²) in [6.07, 6.45) is 6.43. The summed E-state index contributed by atoms with van der Waals surface area (Å²) in [5.74, 6) is 0.521. The number of piperidine rings is 1. The van der Waals surface area contributed by atoms with Crippen molar-refractivity contribution in [3.8, 4) is 0 Å². The molecule has 122 valence electrons. The zero-order valence-corrected chi connectivity index (χ0v) is 13.6. The summed E-state index contributed by atoms with van der Waals surface area (Å²) in [7, 11) is 1.78. The van der Waals surface area contributed by atoms with Gasteiger partial charge in [-0.05, 0) is 64.1 Å². The monoisotopic (exact) mass is 297 g/mol. The molecule has 2 fully saturated rings. The van der Waals surface area contributed by atoms with Crippen molar-refractivity contribution in [1.29, 1.82) is 0 Å². The van der Waals surface area contributed by atoms with Crippen LogP contribution in [0.1, 0.15) is 45.4 Å². The first kappa shape index (κ1) is 16.7. The molecule has 1 saturated carbocycles. The molecule has 1 aliphatic heterocycles. The standard InChI is InChI=1S/C16H31N3O2/c1-3-18-16(15(17)20)8-4-5-14(11-16)19-9-6-13(7-10-19)12-21-2/h13-14,18H,3-12H2,1-2H3,(H2,17,20). The first-order valence-electron chi connectivity index (χ1n) is 8.39. The third-order valence-electron chi connectivity index (χ3n) is 5.28. The van der Waals surface area contributed by atoms with E-state index in [2.05, 4.69) is 10.2 Å². The number of rotatable bonds is 6. The van der Waals surface area contributed by atoms with Gasteiger partial charge in [0.25, 0.3) is 0 Å². The van der Waals surface area contributed by atoms with Gasteiger partial charge in [-0.3, -0.25) is 4.79 Å². The van der Waals surface area contributed by atoms with Crippen molar-refractivity contribution in [2.45, 2.75) is 57.0 Å². The Balaban J connectivity index is 1.93. The van der Waals surface area contributed by atoms with E-state index in [-0.39, 0.29) is 5.91 Å². The number of hydrogen-bond donors (Lipinski definition) is 2. The third kappa shape index (κ3) is 3.96. The molecule has 2 unspecified atom stereocenters. The number of likely N-dealkylation sites (N-methyl/N-ethyl adjacent to an activating group) is 1. The number of carbonyl (C=O) groups excluding carboxylic acids is 1. The number of amides is 1. The number of nitrogens with one attached hydrogen (secondary N) is 1. The van der Waals surface area contributed by atoms with Gasteiger partial charge < -0.3 is 20.7 Å². The number of carbonyl (C=O) groups is 1. The zero-order chi connectivity index (χ0) is 15.3. The van der Waals surface area contributed by atoms with E-state index >= 15 is 0 Å². The Morgan fingerprint density at radius 1 is 1.38 bits per heavy atom. The van der Waals surface area contributed by atoms with Gasteiger partial charge in [-0.25, -0.2) is 0 Å². The van der Waals surface area contributed by atoms with Crippen LogP contribution in [-0.4, -0.2) is 55.7 Å². The van der Waals surface area contributed by atoms with Gasteiger partial charge in [0.05, 0.1) is 5.54 Å². The molecule has 5 nitrogen and oxygen atoms in total. The van der Waals surface area contributed by atoms with Crippen LogP contribution in [0.5, 0.6) is 0 Å². The molecule has 5 heteroatoms. The van der Waals surface area contributed by atoms with Crippen molar-refractivity contribution >= 4 is 5.91 Å². The number of nitrogens with two attached hydrogens (primary N) is 1. The van der Waals surface area contributed by atoms with Gasteiger partial charge in [0.2, 0.25) is 5.91 Å². The van der Waals surface area contributed by atoms with E-state index in [1.165, 1.54) is 19.3 Å². The van der Waals surface area contributed by atoms with E-state index in [4.69, 9.17) is 10.5 Å². The topological polar surface area (TPSA) is 67.6 Å². The average Bonchev–Trinajstić information content (AvgIpc) is 2.49. The van der Waals surface area contributed by atoms with Crippen LogP contribution in [0.25, 0.3) is 0 Å². The number of ether oxygens (including phenoxy) is 1. The summed E-state index contributed by atoms with van der Waals surface area (Å²) in [4.78, 5) is 14.5. The first-order chi connectivity index (χ1) is 10.1. The Kier molecular flexibility index (Phi) is 6.02. The zero-order valence-electron chi connectivity index (χ0n) is 13.6. The SMILES string of the molecule is CCNC1(C(N)=O)CCCC(N2CCC(COC)CC2)C1. The van der Waals surface area contributed by atoms with Crippen LogP contribution in [0.3, 0.4) is 0 Å².